The first-order valence-electron chi connectivity index (χ1n) is 6.14. The van der Waals surface area contributed by atoms with E-state index in [1.165, 1.54) is 24.3 Å². The van der Waals surface area contributed by atoms with Crippen molar-refractivity contribution in [2.45, 2.75) is 9.79 Å². The summed E-state index contributed by atoms with van der Waals surface area (Å²) in [6.07, 6.45) is 0. The van der Waals surface area contributed by atoms with Crippen LogP contribution in [0.5, 0.6) is 0 Å². The number of anilines is 2. The van der Waals surface area contributed by atoms with Crippen LogP contribution in [0.15, 0.2) is 56.4 Å². The highest BCUT2D eigenvalue weighted by Gasteiger charge is 2.23. The second-order valence-electron chi connectivity index (χ2n) is 4.60. The zero-order valence-electron chi connectivity index (χ0n) is 11.9. The Hall–Kier alpha value is -2.54. The lowest BCUT2D eigenvalue weighted by molar-refractivity contribution is 0.479. The molecule has 0 aromatic heterocycles. The maximum Gasteiger partial charge on any atom is 0.296 e. The average Bonchev–Trinajstić information content (AvgIpc) is 2.45. The smallest absolute Gasteiger partial charge is 0.296 e. The third-order valence-corrected chi connectivity index (χ3v) is 4.61. The zero-order valence-corrected chi connectivity index (χ0v) is 13.5. The summed E-state index contributed by atoms with van der Waals surface area (Å²) in [6.45, 7) is 0. The van der Waals surface area contributed by atoms with E-state index in [1.54, 1.807) is 0 Å². The number of benzene rings is 2. The molecule has 2 aromatic carbocycles. The molecule has 10 nitrogen and oxygen atoms in total. The molecule has 0 bridgehead atoms. The molecule has 2 rings (SSSR count). The molecule has 2 aromatic rings. The molecule has 0 heterocycles. The molecule has 0 fully saturated rings. The molecule has 0 aliphatic carbocycles. The summed E-state index contributed by atoms with van der Waals surface area (Å²) in [7, 11) is -9.49. The standard InChI is InChI=1S/C12H12N4O6S2/c13-7-1-3-8(4-2-7)15-16-10-6-11(23(17,18)19)9(14)5-12(10)24(20,21)22/h1-6H,13-14H2,(H,17,18,19)(H,20,21,22). The molecule has 0 atom stereocenters. The Morgan fingerprint density at radius 3 is 1.83 bits per heavy atom. The van der Waals surface area contributed by atoms with Crippen molar-refractivity contribution in [1.29, 1.82) is 0 Å². The molecular weight excluding hydrogens is 360 g/mol. The van der Waals surface area contributed by atoms with E-state index >= 15 is 0 Å². The van der Waals surface area contributed by atoms with Crippen LogP contribution in [0.2, 0.25) is 0 Å². The van der Waals surface area contributed by atoms with Crippen molar-refractivity contribution in [1.82, 2.24) is 0 Å². The lowest BCUT2D eigenvalue weighted by atomic mass is 10.3. The summed E-state index contributed by atoms with van der Waals surface area (Å²) in [5.74, 6) is 0. The fourth-order valence-electron chi connectivity index (χ4n) is 1.73. The van der Waals surface area contributed by atoms with Gasteiger partial charge in [-0.25, -0.2) is 0 Å². The number of nitrogens with zero attached hydrogens (tertiary/aromatic N) is 2. The van der Waals surface area contributed by atoms with Crippen molar-refractivity contribution in [3.05, 3.63) is 36.4 Å². The highest BCUT2D eigenvalue weighted by molar-refractivity contribution is 7.86. The van der Waals surface area contributed by atoms with E-state index in [4.69, 9.17) is 16.0 Å². The first kappa shape index (κ1) is 17.8. The van der Waals surface area contributed by atoms with Gasteiger partial charge in [0.2, 0.25) is 0 Å². The van der Waals surface area contributed by atoms with Crippen LogP contribution >= 0.6 is 0 Å². The molecule has 0 aliphatic heterocycles. The molecular formula is C12H12N4O6S2. The monoisotopic (exact) mass is 372 g/mol. The van der Waals surface area contributed by atoms with Gasteiger partial charge in [-0.05, 0) is 36.4 Å². The van der Waals surface area contributed by atoms with E-state index in [9.17, 15) is 21.4 Å². The summed E-state index contributed by atoms with van der Waals surface area (Å²) in [6, 6.07) is 7.35. The van der Waals surface area contributed by atoms with Crippen LogP contribution in [-0.2, 0) is 20.2 Å². The van der Waals surface area contributed by atoms with E-state index in [-0.39, 0.29) is 5.69 Å². The minimum absolute atomic E-state index is 0.288. The van der Waals surface area contributed by atoms with Gasteiger partial charge in [0.25, 0.3) is 20.2 Å². The third kappa shape index (κ3) is 4.05. The molecule has 12 heteroatoms. The number of rotatable bonds is 4. The molecule has 0 unspecified atom stereocenters. The number of hydrogen-bond donors (Lipinski definition) is 4. The highest BCUT2D eigenvalue weighted by atomic mass is 32.2. The lowest BCUT2D eigenvalue weighted by Crippen LogP contribution is -2.06. The minimum atomic E-state index is -4.76. The maximum atomic E-state index is 11.4. The normalized spacial score (nSPS) is 12.6. The van der Waals surface area contributed by atoms with E-state index in [0.717, 1.165) is 0 Å². The van der Waals surface area contributed by atoms with Crippen molar-refractivity contribution >= 4 is 43.0 Å². The van der Waals surface area contributed by atoms with Crippen LogP contribution in [0.3, 0.4) is 0 Å². The Labute approximate surface area is 137 Å². The van der Waals surface area contributed by atoms with Gasteiger partial charge in [0.1, 0.15) is 15.5 Å². The largest absolute Gasteiger partial charge is 0.399 e. The van der Waals surface area contributed by atoms with Crippen LogP contribution < -0.4 is 11.5 Å². The molecule has 0 radical (unpaired) electrons. The predicted octanol–water partition coefficient (Wildman–Crippen LogP) is 1.76. The van der Waals surface area contributed by atoms with Gasteiger partial charge < -0.3 is 11.5 Å². The second-order valence-corrected chi connectivity index (χ2v) is 7.38. The number of nitrogen functional groups attached to an aromatic ring is 2. The van der Waals surface area contributed by atoms with E-state index in [2.05, 4.69) is 10.2 Å². The number of hydrogen-bond acceptors (Lipinski definition) is 8. The van der Waals surface area contributed by atoms with E-state index in [0.29, 0.717) is 17.8 Å². The Morgan fingerprint density at radius 1 is 0.792 bits per heavy atom. The molecule has 0 spiro atoms. The fraction of sp³-hybridized carbons (Fsp3) is 0. The Balaban J connectivity index is 2.63. The molecule has 0 saturated heterocycles. The van der Waals surface area contributed by atoms with Gasteiger partial charge in [0.15, 0.2) is 0 Å². The van der Waals surface area contributed by atoms with Crippen molar-refractivity contribution in [3.8, 4) is 0 Å². The second kappa shape index (κ2) is 6.16. The Bertz CT molecular complexity index is 1010. The molecule has 0 amide bonds. The van der Waals surface area contributed by atoms with Crippen LogP contribution in [0.1, 0.15) is 0 Å². The number of azo groups is 1. The van der Waals surface area contributed by atoms with Gasteiger partial charge in [-0.15, -0.1) is 5.11 Å². The molecule has 128 valence electrons. The van der Waals surface area contributed by atoms with Crippen molar-refractivity contribution in [3.63, 3.8) is 0 Å². The first-order valence-corrected chi connectivity index (χ1v) is 9.02. The van der Waals surface area contributed by atoms with Gasteiger partial charge in [-0.2, -0.15) is 21.9 Å². The van der Waals surface area contributed by atoms with Gasteiger partial charge in [-0.3, -0.25) is 9.11 Å². The summed E-state index contributed by atoms with van der Waals surface area (Å²) in [5, 5.41) is 7.32. The van der Waals surface area contributed by atoms with Gasteiger partial charge >= 0.3 is 0 Å². The average molecular weight is 372 g/mol. The zero-order chi connectivity index (χ0) is 18.1. The van der Waals surface area contributed by atoms with Gasteiger partial charge in [0.05, 0.1) is 11.4 Å². The molecule has 6 N–H and O–H groups in total. The third-order valence-electron chi connectivity index (χ3n) is 2.81. The van der Waals surface area contributed by atoms with Crippen LogP contribution in [0, 0.1) is 0 Å². The topological polar surface area (TPSA) is 185 Å². The highest BCUT2D eigenvalue weighted by Crippen LogP contribution is 2.33. The fourth-order valence-corrected chi connectivity index (χ4v) is 2.98. The summed E-state index contributed by atoms with van der Waals surface area (Å²) in [4.78, 5) is -1.52. The molecule has 0 saturated carbocycles. The minimum Gasteiger partial charge on any atom is -0.399 e. The van der Waals surface area contributed by atoms with Crippen LogP contribution in [0.4, 0.5) is 22.7 Å². The summed E-state index contributed by atoms with van der Waals surface area (Å²) in [5.41, 5.74) is 10.6. The summed E-state index contributed by atoms with van der Waals surface area (Å²) < 4.78 is 63.6. The maximum absolute atomic E-state index is 11.4. The first-order chi connectivity index (χ1) is 11.0. The summed E-state index contributed by atoms with van der Waals surface area (Å²) >= 11 is 0. The Morgan fingerprint density at radius 2 is 1.33 bits per heavy atom. The lowest BCUT2D eigenvalue weighted by Gasteiger charge is -2.07. The number of nitrogens with two attached hydrogens (primary N) is 2. The van der Waals surface area contributed by atoms with Crippen LogP contribution in [0.25, 0.3) is 0 Å². The van der Waals surface area contributed by atoms with Crippen molar-refractivity contribution in [2.75, 3.05) is 11.5 Å². The SMILES string of the molecule is Nc1ccc(N=Nc2cc(S(=O)(=O)O)c(N)cc2S(=O)(=O)O)cc1. The van der Waals surface area contributed by atoms with E-state index < -0.39 is 41.4 Å². The molecule has 0 aliphatic rings. The van der Waals surface area contributed by atoms with Crippen molar-refractivity contribution in [2.24, 2.45) is 10.2 Å². The van der Waals surface area contributed by atoms with Gasteiger partial charge in [-0.1, -0.05) is 0 Å². The van der Waals surface area contributed by atoms with Gasteiger partial charge in [0, 0.05) is 5.69 Å². The Kier molecular flexibility index (Phi) is 4.57. The van der Waals surface area contributed by atoms with Crippen LogP contribution in [-0.4, -0.2) is 25.9 Å². The van der Waals surface area contributed by atoms with E-state index in [1.807, 2.05) is 0 Å². The van der Waals surface area contributed by atoms with Crippen molar-refractivity contribution < 1.29 is 25.9 Å². The quantitative estimate of drug-likeness (QED) is 0.355. The molecule has 24 heavy (non-hydrogen) atoms. The predicted molar refractivity (Wildman–Crippen MR) is 85.5 cm³/mol.